The molecule has 2 aromatic heterocycles. The largest absolute Gasteiger partial charge is 0.494 e. The maximum Gasteiger partial charge on any atom is 0.242 e. The number of carbonyl (C=O) groups excluding carboxylic acids is 1. The number of H-pyrrole nitrogens is 1. The Balaban J connectivity index is 1.51. The lowest BCUT2D eigenvalue weighted by Gasteiger charge is -2.09. The predicted octanol–water partition coefficient (Wildman–Crippen LogP) is 4.35. The zero-order valence-corrected chi connectivity index (χ0v) is 19.2. The van der Waals surface area contributed by atoms with Crippen molar-refractivity contribution in [1.82, 2.24) is 20.6 Å². The van der Waals surface area contributed by atoms with E-state index in [0.717, 1.165) is 32.1 Å². The first kappa shape index (κ1) is 23.4. The third kappa shape index (κ3) is 5.09. The molecular formula is C24H24ClN5O4. The smallest absolute Gasteiger partial charge is 0.242 e. The van der Waals surface area contributed by atoms with Gasteiger partial charge in [0, 0.05) is 17.0 Å². The SMILES string of the molecule is Nc1c(-c2nn[nH]n2)oc2cccc(C(=O)c3ccc(OCCCCCCCCl)cc3)c2c1=O. The number of ether oxygens (including phenoxy) is 1. The molecule has 0 aliphatic carbocycles. The first-order chi connectivity index (χ1) is 16.6. The summed E-state index contributed by atoms with van der Waals surface area (Å²) >= 11 is 5.68. The molecule has 2 aromatic carbocycles. The molecule has 10 heteroatoms. The minimum atomic E-state index is -0.531. The first-order valence-electron chi connectivity index (χ1n) is 11.0. The molecule has 4 rings (SSSR count). The van der Waals surface area contributed by atoms with E-state index in [2.05, 4.69) is 20.6 Å². The van der Waals surface area contributed by atoms with Gasteiger partial charge in [-0.2, -0.15) is 5.21 Å². The molecular weight excluding hydrogens is 458 g/mol. The molecule has 0 saturated heterocycles. The van der Waals surface area contributed by atoms with Gasteiger partial charge in [0.25, 0.3) is 0 Å². The van der Waals surface area contributed by atoms with Crippen molar-refractivity contribution in [3.8, 4) is 17.3 Å². The van der Waals surface area contributed by atoms with Crippen molar-refractivity contribution in [1.29, 1.82) is 0 Å². The van der Waals surface area contributed by atoms with E-state index >= 15 is 0 Å². The first-order valence-corrected chi connectivity index (χ1v) is 11.6. The number of tetrazole rings is 1. The van der Waals surface area contributed by atoms with Gasteiger partial charge in [0.15, 0.2) is 5.78 Å². The Kier molecular flexibility index (Phi) is 7.54. The van der Waals surface area contributed by atoms with Crippen LogP contribution in [0, 0.1) is 0 Å². The molecule has 0 bridgehead atoms. The maximum absolute atomic E-state index is 13.2. The summed E-state index contributed by atoms with van der Waals surface area (Å²) in [5, 5.41) is 13.5. The second-order valence-electron chi connectivity index (χ2n) is 7.75. The van der Waals surface area contributed by atoms with Crippen LogP contribution in [0.15, 0.2) is 51.7 Å². The van der Waals surface area contributed by atoms with Gasteiger partial charge in [-0.3, -0.25) is 9.59 Å². The molecule has 4 aromatic rings. The van der Waals surface area contributed by atoms with Gasteiger partial charge in [0.1, 0.15) is 17.0 Å². The summed E-state index contributed by atoms with van der Waals surface area (Å²) in [6.45, 7) is 0.612. The van der Waals surface area contributed by atoms with Crippen LogP contribution in [0.2, 0.25) is 0 Å². The number of nitrogens with zero attached hydrogens (tertiary/aromatic N) is 3. The van der Waals surface area contributed by atoms with Gasteiger partial charge in [-0.05, 0) is 48.4 Å². The average molecular weight is 482 g/mol. The van der Waals surface area contributed by atoms with E-state index in [9.17, 15) is 9.59 Å². The fourth-order valence-electron chi connectivity index (χ4n) is 3.64. The van der Waals surface area contributed by atoms with Gasteiger partial charge in [-0.15, -0.1) is 21.8 Å². The Morgan fingerprint density at radius 3 is 2.56 bits per heavy atom. The Bertz CT molecular complexity index is 1320. The number of benzene rings is 2. The quantitative estimate of drug-likeness (QED) is 0.183. The third-order valence-corrected chi connectivity index (χ3v) is 5.68. The van der Waals surface area contributed by atoms with Crippen molar-refractivity contribution in [3.05, 3.63) is 63.8 Å². The van der Waals surface area contributed by atoms with Crippen LogP contribution in [0.5, 0.6) is 5.75 Å². The minimum absolute atomic E-state index is 0.00333. The summed E-state index contributed by atoms with van der Waals surface area (Å²) < 4.78 is 11.5. The molecule has 0 radical (unpaired) electrons. The molecule has 0 amide bonds. The van der Waals surface area contributed by atoms with Gasteiger partial charge in [-0.1, -0.05) is 31.4 Å². The number of hydrogen-bond acceptors (Lipinski definition) is 8. The summed E-state index contributed by atoms with van der Waals surface area (Å²) in [6.07, 6.45) is 5.38. The van der Waals surface area contributed by atoms with E-state index in [4.69, 9.17) is 26.5 Å². The molecule has 0 aliphatic heterocycles. The Labute approximate surface area is 200 Å². The monoisotopic (exact) mass is 481 g/mol. The topological polar surface area (TPSA) is 137 Å². The number of carbonyl (C=O) groups is 1. The molecule has 0 fully saturated rings. The van der Waals surface area contributed by atoms with Crippen molar-refractivity contribution >= 4 is 34.0 Å². The standard InChI is InChI=1S/C24H24ClN5O4/c25-13-4-2-1-3-5-14-33-16-11-9-15(10-12-16)21(31)17-7-6-8-18-19(17)22(32)20(26)23(34-18)24-27-29-30-28-24/h6-12H,1-5,13-14,26H2,(H,27,28,29,30). The lowest BCUT2D eigenvalue weighted by atomic mass is 9.98. The van der Waals surface area contributed by atoms with Crippen LogP contribution in [0.3, 0.4) is 0 Å². The molecule has 0 spiro atoms. The summed E-state index contributed by atoms with van der Waals surface area (Å²) in [4.78, 5) is 26.3. The Morgan fingerprint density at radius 1 is 1.06 bits per heavy atom. The molecule has 2 heterocycles. The molecule has 0 unspecified atom stereocenters. The normalized spacial score (nSPS) is 11.1. The highest BCUT2D eigenvalue weighted by atomic mass is 35.5. The number of nitrogens with one attached hydrogen (secondary N) is 1. The van der Waals surface area contributed by atoms with Crippen molar-refractivity contribution in [3.63, 3.8) is 0 Å². The summed E-state index contributed by atoms with van der Waals surface area (Å²) in [6, 6.07) is 11.6. The number of aromatic amines is 1. The van der Waals surface area contributed by atoms with Crippen molar-refractivity contribution in [2.75, 3.05) is 18.2 Å². The van der Waals surface area contributed by atoms with Crippen molar-refractivity contribution in [2.45, 2.75) is 32.1 Å². The molecule has 3 N–H and O–H groups in total. The molecule has 34 heavy (non-hydrogen) atoms. The number of aromatic nitrogens is 4. The molecule has 0 atom stereocenters. The third-order valence-electron chi connectivity index (χ3n) is 5.41. The van der Waals surface area contributed by atoms with E-state index in [1.807, 2.05) is 0 Å². The number of alkyl halides is 1. The fraction of sp³-hybridized carbons (Fsp3) is 0.292. The summed E-state index contributed by atoms with van der Waals surface area (Å²) in [5.74, 6) is 1.12. The van der Waals surface area contributed by atoms with Crippen molar-refractivity contribution in [2.24, 2.45) is 0 Å². The zero-order chi connectivity index (χ0) is 23.9. The summed E-state index contributed by atoms with van der Waals surface area (Å²) in [7, 11) is 0. The molecule has 176 valence electrons. The number of unbranched alkanes of at least 4 members (excludes halogenated alkanes) is 4. The second kappa shape index (κ2) is 10.9. The lowest BCUT2D eigenvalue weighted by molar-refractivity contribution is 0.104. The van der Waals surface area contributed by atoms with Crippen LogP contribution in [0.25, 0.3) is 22.6 Å². The highest BCUT2D eigenvalue weighted by molar-refractivity contribution is 6.17. The van der Waals surface area contributed by atoms with Gasteiger partial charge in [-0.25, -0.2) is 0 Å². The highest BCUT2D eigenvalue weighted by Gasteiger charge is 2.21. The van der Waals surface area contributed by atoms with Crippen LogP contribution in [-0.4, -0.2) is 38.9 Å². The van der Waals surface area contributed by atoms with Crippen LogP contribution in [0.4, 0.5) is 5.69 Å². The number of anilines is 1. The van der Waals surface area contributed by atoms with Crippen LogP contribution < -0.4 is 15.9 Å². The number of hydrogen-bond donors (Lipinski definition) is 2. The average Bonchev–Trinajstić information content (AvgIpc) is 3.40. The second-order valence-corrected chi connectivity index (χ2v) is 8.12. The van der Waals surface area contributed by atoms with Crippen LogP contribution in [-0.2, 0) is 0 Å². The summed E-state index contributed by atoms with van der Waals surface area (Å²) in [5.41, 5.74) is 6.09. The van der Waals surface area contributed by atoms with Crippen LogP contribution >= 0.6 is 11.6 Å². The van der Waals surface area contributed by atoms with Gasteiger partial charge < -0.3 is 14.9 Å². The van der Waals surface area contributed by atoms with Crippen molar-refractivity contribution < 1.29 is 13.9 Å². The lowest BCUT2D eigenvalue weighted by Crippen LogP contribution is -2.14. The number of fused-ring (bicyclic) bond motifs is 1. The molecule has 0 aliphatic rings. The van der Waals surface area contributed by atoms with Gasteiger partial charge in [0.05, 0.1) is 12.0 Å². The van der Waals surface area contributed by atoms with Gasteiger partial charge in [0.2, 0.25) is 17.0 Å². The van der Waals surface area contributed by atoms with E-state index in [-0.39, 0.29) is 39.6 Å². The molecule has 0 saturated carbocycles. The number of nitrogen functional groups attached to an aromatic ring is 1. The predicted molar refractivity (Wildman–Crippen MR) is 129 cm³/mol. The zero-order valence-electron chi connectivity index (χ0n) is 18.4. The number of halogens is 1. The number of nitrogens with two attached hydrogens (primary N) is 1. The number of ketones is 1. The Hall–Kier alpha value is -3.72. The number of rotatable bonds is 11. The van der Waals surface area contributed by atoms with E-state index in [1.54, 1.807) is 42.5 Å². The van der Waals surface area contributed by atoms with Crippen LogP contribution in [0.1, 0.15) is 48.0 Å². The van der Waals surface area contributed by atoms with Gasteiger partial charge >= 0.3 is 0 Å². The fourth-order valence-corrected chi connectivity index (χ4v) is 3.83. The van der Waals surface area contributed by atoms with E-state index < -0.39 is 5.43 Å². The van der Waals surface area contributed by atoms with E-state index in [1.165, 1.54) is 0 Å². The maximum atomic E-state index is 13.2. The minimum Gasteiger partial charge on any atom is -0.494 e. The molecule has 9 nitrogen and oxygen atoms in total. The highest BCUT2D eigenvalue weighted by Crippen LogP contribution is 2.27. The Morgan fingerprint density at radius 2 is 1.82 bits per heavy atom. The van der Waals surface area contributed by atoms with E-state index in [0.29, 0.717) is 23.8 Å².